The number of hydrogen-bond acceptors (Lipinski definition) is 5. The number of carbonyl (C=O) groups excluding carboxylic acids is 1. The Morgan fingerprint density at radius 2 is 2.22 bits per heavy atom. The zero-order chi connectivity index (χ0) is 13.8. The van der Waals surface area contributed by atoms with Gasteiger partial charge in [-0.15, -0.1) is 5.10 Å². The predicted molar refractivity (Wildman–Crippen MR) is 62.4 cm³/mol. The number of nitrogens with zero attached hydrogens (tertiary/aromatic N) is 3. The minimum atomic E-state index is -1.000. The molecule has 8 heteroatoms. The van der Waals surface area contributed by atoms with Crippen LogP contribution in [0, 0.1) is 0 Å². The van der Waals surface area contributed by atoms with Crippen molar-refractivity contribution in [2.75, 3.05) is 0 Å². The number of nitrogens with two attached hydrogens (primary N) is 1. The van der Waals surface area contributed by atoms with Crippen LogP contribution < -0.4 is 11.1 Å². The highest BCUT2D eigenvalue weighted by atomic mass is 16.4. The number of carboxylic acid groups (broad SMARTS) is 1. The molecule has 1 amide bonds. The van der Waals surface area contributed by atoms with E-state index in [0.29, 0.717) is 5.69 Å². The third-order valence-electron chi connectivity index (χ3n) is 1.97. The van der Waals surface area contributed by atoms with Gasteiger partial charge >= 0.3 is 5.97 Å². The molecule has 0 radical (unpaired) electrons. The highest BCUT2D eigenvalue weighted by Crippen LogP contribution is 2.03. The summed E-state index contributed by atoms with van der Waals surface area (Å²) in [5.74, 6) is -1.18. The van der Waals surface area contributed by atoms with Crippen molar-refractivity contribution in [3.8, 4) is 0 Å². The van der Waals surface area contributed by atoms with Crippen molar-refractivity contribution in [3.63, 3.8) is 0 Å². The molecule has 1 aromatic heterocycles. The second kappa shape index (κ2) is 5.58. The van der Waals surface area contributed by atoms with Gasteiger partial charge in [-0.05, 0) is 13.8 Å². The summed E-state index contributed by atoms with van der Waals surface area (Å²) < 4.78 is 1.19. The second-order valence-electron chi connectivity index (χ2n) is 4.74. The Morgan fingerprint density at radius 3 is 2.78 bits per heavy atom. The Morgan fingerprint density at radius 1 is 1.56 bits per heavy atom. The largest absolute Gasteiger partial charge is 0.480 e. The molecule has 1 rings (SSSR count). The summed E-state index contributed by atoms with van der Waals surface area (Å²) in [4.78, 5) is 21.9. The van der Waals surface area contributed by atoms with Crippen LogP contribution in [0.5, 0.6) is 0 Å². The Bertz CT molecular complexity index is 435. The van der Waals surface area contributed by atoms with Crippen LogP contribution in [0.1, 0.15) is 26.0 Å². The molecule has 1 aromatic rings. The number of amides is 1. The van der Waals surface area contributed by atoms with E-state index in [2.05, 4.69) is 15.6 Å². The number of aromatic nitrogens is 3. The first kappa shape index (κ1) is 14.1. The van der Waals surface area contributed by atoms with Crippen molar-refractivity contribution in [3.05, 3.63) is 11.9 Å². The van der Waals surface area contributed by atoms with Crippen LogP contribution in [0.3, 0.4) is 0 Å². The number of carboxylic acids is 1. The van der Waals surface area contributed by atoms with Gasteiger partial charge in [0.2, 0.25) is 5.91 Å². The molecule has 0 bridgehead atoms. The third kappa shape index (κ3) is 5.39. The van der Waals surface area contributed by atoms with E-state index in [9.17, 15) is 9.59 Å². The van der Waals surface area contributed by atoms with Crippen LogP contribution >= 0.6 is 0 Å². The molecule has 18 heavy (non-hydrogen) atoms. The zero-order valence-corrected chi connectivity index (χ0v) is 10.4. The van der Waals surface area contributed by atoms with E-state index in [1.54, 1.807) is 13.8 Å². The lowest BCUT2D eigenvalue weighted by Gasteiger charge is -2.17. The molecule has 0 saturated carbocycles. The molecule has 0 aliphatic carbocycles. The quantitative estimate of drug-likeness (QED) is 0.605. The van der Waals surface area contributed by atoms with Gasteiger partial charge in [0.05, 0.1) is 12.7 Å². The smallest absolute Gasteiger partial charge is 0.325 e. The van der Waals surface area contributed by atoms with Gasteiger partial charge in [-0.1, -0.05) is 5.21 Å². The number of carbonyl (C=O) groups is 2. The molecule has 8 nitrogen and oxygen atoms in total. The molecule has 0 aromatic carbocycles. The standard InChI is InChI=1S/C10H17N5O3/c1-10(2,11)3-8(16)12-4-7-5-15(14-13-7)6-9(17)18/h5H,3-4,6,11H2,1-2H3,(H,12,16)(H,17,18). The van der Waals surface area contributed by atoms with Gasteiger partial charge in [0.15, 0.2) is 0 Å². The highest BCUT2D eigenvalue weighted by molar-refractivity contribution is 5.76. The molecule has 0 aliphatic heterocycles. The van der Waals surface area contributed by atoms with E-state index < -0.39 is 11.5 Å². The lowest BCUT2D eigenvalue weighted by Crippen LogP contribution is -2.38. The van der Waals surface area contributed by atoms with Crippen molar-refractivity contribution in [1.29, 1.82) is 0 Å². The monoisotopic (exact) mass is 255 g/mol. The van der Waals surface area contributed by atoms with Crippen molar-refractivity contribution in [1.82, 2.24) is 20.3 Å². The van der Waals surface area contributed by atoms with E-state index in [0.717, 1.165) is 0 Å². The SMILES string of the molecule is CC(C)(N)CC(=O)NCc1cn(CC(=O)O)nn1. The molecule has 1 heterocycles. The van der Waals surface area contributed by atoms with Gasteiger partial charge in [0.25, 0.3) is 0 Å². The Kier molecular flexibility index (Phi) is 4.38. The van der Waals surface area contributed by atoms with Crippen molar-refractivity contribution in [2.24, 2.45) is 5.73 Å². The average Bonchev–Trinajstić information content (AvgIpc) is 2.59. The summed E-state index contributed by atoms with van der Waals surface area (Å²) in [6.07, 6.45) is 1.68. The van der Waals surface area contributed by atoms with Gasteiger partial charge in [-0.3, -0.25) is 9.59 Å². The summed E-state index contributed by atoms with van der Waals surface area (Å²) >= 11 is 0. The number of hydrogen-bond donors (Lipinski definition) is 3. The minimum absolute atomic E-state index is 0.185. The van der Waals surface area contributed by atoms with E-state index in [-0.39, 0.29) is 25.4 Å². The average molecular weight is 255 g/mol. The molecule has 0 fully saturated rings. The van der Waals surface area contributed by atoms with E-state index in [1.807, 2.05) is 0 Å². The normalized spacial score (nSPS) is 11.3. The first-order chi connectivity index (χ1) is 8.26. The molecule has 0 aliphatic rings. The van der Waals surface area contributed by atoms with Crippen LogP contribution in [0.25, 0.3) is 0 Å². The maximum Gasteiger partial charge on any atom is 0.325 e. The lowest BCUT2D eigenvalue weighted by molar-refractivity contribution is -0.138. The maximum atomic E-state index is 11.5. The Balaban J connectivity index is 2.42. The lowest BCUT2D eigenvalue weighted by atomic mass is 10.0. The van der Waals surface area contributed by atoms with E-state index in [1.165, 1.54) is 10.9 Å². The van der Waals surface area contributed by atoms with Gasteiger partial charge in [-0.2, -0.15) is 0 Å². The summed E-state index contributed by atoms with van der Waals surface area (Å²) in [7, 11) is 0. The molecular formula is C10H17N5O3. The summed E-state index contributed by atoms with van der Waals surface area (Å²) in [5.41, 5.74) is 5.64. The van der Waals surface area contributed by atoms with Crippen molar-refractivity contribution >= 4 is 11.9 Å². The van der Waals surface area contributed by atoms with Crippen LogP contribution in [-0.4, -0.2) is 37.5 Å². The summed E-state index contributed by atoms with van der Waals surface area (Å²) in [6.45, 7) is 3.47. The maximum absolute atomic E-state index is 11.5. The van der Waals surface area contributed by atoms with E-state index >= 15 is 0 Å². The number of nitrogens with one attached hydrogen (secondary N) is 1. The molecule has 4 N–H and O–H groups in total. The second-order valence-corrected chi connectivity index (χ2v) is 4.74. The fourth-order valence-electron chi connectivity index (χ4n) is 1.30. The van der Waals surface area contributed by atoms with Gasteiger partial charge in [0, 0.05) is 12.0 Å². The summed E-state index contributed by atoms with van der Waals surface area (Å²) in [6, 6.07) is 0. The molecule has 0 spiro atoms. The highest BCUT2D eigenvalue weighted by Gasteiger charge is 2.16. The van der Waals surface area contributed by atoms with Crippen molar-refractivity contribution in [2.45, 2.75) is 38.9 Å². The molecular weight excluding hydrogens is 238 g/mol. The topological polar surface area (TPSA) is 123 Å². The first-order valence-electron chi connectivity index (χ1n) is 5.43. The zero-order valence-electron chi connectivity index (χ0n) is 10.4. The van der Waals surface area contributed by atoms with E-state index in [4.69, 9.17) is 10.8 Å². The molecule has 0 atom stereocenters. The van der Waals surface area contributed by atoms with Gasteiger partial charge in [0.1, 0.15) is 12.2 Å². The van der Waals surface area contributed by atoms with Gasteiger partial charge in [-0.25, -0.2) is 4.68 Å². The Labute approximate surface area is 104 Å². The van der Waals surface area contributed by atoms with Crippen LogP contribution in [0.15, 0.2) is 6.20 Å². The summed E-state index contributed by atoms with van der Waals surface area (Å²) in [5, 5.41) is 18.5. The fourth-order valence-corrected chi connectivity index (χ4v) is 1.30. The third-order valence-corrected chi connectivity index (χ3v) is 1.97. The van der Waals surface area contributed by atoms with Crippen LogP contribution in [-0.2, 0) is 22.7 Å². The fraction of sp³-hybridized carbons (Fsp3) is 0.600. The Hall–Kier alpha value is -1.96. The predicted octanol–water partition coefficient (Wildman–Crippen LogP) is -0.894. The first-order valence-corrected chi connectivity index (χ1v) is 5.43. The van der Waals surface area contributed by atoms with Crippen molar-refractivity contribution < 1.29 is 14.7 Å². The number of rotatable bonds is 6. The van der Waals surface area contributed by atoms with Gasteiger partial charge < -0.3 is 16.2 Å². The minimum Gasteiger partial charge on any atom is -0.480 e. The molecule has 0 unspecified atom stereocenters. The van der Waals surface area contributed by atoms with Crippen LogP contribution in [0.2, 0.25) is 0 Å². The number of aliphatic carboxylic acids is 1. The van der Waals surface area contributed by atoms with Crippen LogP contribution in [0.4, 0.5) is 0 Å². The molecule has 100 valence electrons. The molecule has 0 saturated heterocycles.